The average Bonchev–Trinajstić information content (AvgIpc) is 1.88. The number of hydrogen-bond donors (Lipinski definition) is 2. The summed E-state index contributed by atoms with van der Waals surface area (Å²) in [5.74, 6) is 0. The van der Waals surface area contributed by atoms with E-state index in [1.165, 1.54) is 32.1 Å². The zero-order valence-electron chi connectivity index (χ0n) is 6.05. The lowest BCUT2D eigenvalue weighted by Crippen LogP contribution is -2.06. The summed E-state index contributed by atoms with van der Waals surface area (Å²) in [6.07, 6.45) is 6.67. The summed E-state index contributed by atoms with van der Waals surface area (Å²) in [7, 11) is -0.957. The molecule has 0 radical (unpaired) electrons. The maximum absolute atomic E-state index is 7.22. The molecular weight excluding hydrogens is 163 g/mol. The van der Waals surface area contributed by atoms with Crippen LogP contribution in [-0.4, -0.2) is 5.25 Å². The topological polar surface area (TPSA) is 49.9 Å². The van der Waals surface area contributed by atoms with Gasteiger partial charge < -0.3 is 0 Å². The van der Waals surface area contributed by atoms with E-state index < -0.39 is 7.07 Å². The van der Waals surface area contributed by atoms with Gasteiger partial charge in [-0.15, -0.1) is 5.50 Å². The quantitative estimate of drug-likeness (QED) is 0.637. The minimum absolute atomic E-state index is 0.711. The van der Waals surface area contributed by atoms with Crippen LogP contribution in [0.1, 0.15) is 32.1 Å². The SMILES string of the molecule is N=[P+](N)SC1CCCCC1. The first-order valence-corrected chi connectivity index (χ1v) is 6.61. The molecule has 58 valence electrons. The number of nitrogens with two attached hydrogens (primary N) is 1. The second-order valence-electron chi connectivity index (χ2n) is 2.69. The minimum atomic E-state index is -0.957. The zero-order chi connectivity index (χ0) is 7.40. The standard InChI is InChI=1S/C6H14N2PS/c7-9(8)10-6-4-2-1-3-5-6/h6H,1-5H2,(H3,7,8)/q+1. The molecule has 0 spiro atoms. The molecule has 4 heteroatoms. The van der Waals surface area contributed by atoms with E-state index in [0.717, 1.165) is 0 Å². The van der Waals surface area contributed by atoms with Crippen LogP contribution in [0, 0.1) is 5.16 Å². The lowest BCUT2D eigenvalue weighted by Gasteiger charge is -2.15. The maximum Gasteiger partial charge on any atom is 0.363 e. The third-order valence-corrected chi connectivity index (χ3v) is 4.39. The van der Waals surface area contributed by atoms with Crippen LogP contribution in [0.5, 0.6) is 0 Å². The van der Waals surface area contributed by atoms with Crippen LogP contribution in [0.2, 0.25) is 0 Å². The van der Waals surface area contributed by atoms with Gasteiger partial charge in [0.15, 0.2) is 0 Å². The predicted octanol–water partition coefficient (Wildman–Crippen LogP) is 3.09. The first-order chi connectivity index (χ1) is 4.79. The molecule has 1 atom stereocenters. The van der Waals surface area contributed by atoms with Crippen LogP contribution >= 0.6 is 18.4 Å². The predicted molar refractivity (Wildman–Crippen MR) is 48.3 cm³/mol. The monoisotopic (exact) mass is 177 g/mol. The van der Waals surface area contributed by atoms with Crippen molar-refractivity contribution in [2.24, 2.45) is 5.50 Å². The Morgan fingerprint density at radius 2 is 1.90 bits per heavy atom. The molecule has 1 rings (SSSR count). The zero-order valence-corrected chi connectivity index (χ0v) is 7.76. The molecule has 0 aromatic carbocycles. The lowest BCUT2D eigenvalue weighted by molar-refractivity contribution is 0.517. The van der Waals surface area contributed by atoms with E-state index in [9.17, 15) is 0 Å². The Labute approximate surface area is 67.0 Å². The van der Waals surface area contributed by atoms with Crippen LogP contribution in [0.3, 0.4) is 0 Å². The van der Waals surface area contributed by atoms with Crippen LogP contribution in [0.4, 0.5) is 0 Å². The van der Waals surface area contributed by atoms with Gasteiger partial charge in [-0.1, -0.05) is 24.4 Å². The van der Waals surface area contributed by atoms with Crippen LogP contribution in [-0.2, 0) is 0 Å². The fourth-order valence-electron chi connectivity index (χ4n) is 1.33. The number of rotatable bonds is 2. The fraction of sp³-hybridized carbons (Fsp3) is 1.00. The summed E-state index contributed by atoms with van der Waals surface area (Å²) in [5.41, 5.74) is 5.42. The van der Waals surface area contributed by atoms with Crippen molar-refractivity contribution >= 4 is 18.4 Å². The fourth-order valence-corrected chi connectivity index (χ4v) is 3.79. The second kappa shape index (κ2) is 4.32. The molecule has 0 aromatic rings. The third kappa shape index (κ3) is 3.00. The van der Waals surface area contributed by atoms with Gasteiger partial charge >= 0.3 is 7.07 Å². The highest BCUT2D eigenvalue weighted by atomic mass is 32.7. The van der Waals surface area contributed by atoms with Gasteiger partial charge in [-0.3, -0.25) is 0 Å². The van der Waals surface area contributed by atoms with E-state index in [-0.39, 0.29) is 0 Å². The largest absolute Gasteiger partial charge is 0.363 e. The summed E-state index contributed by atoms with van der Waals surface area (Å²) in [6, 6.07) is 0. The molecule has 0 aliphatic heterocycles. The van der Waals surface area contributed by atoms with E-state index in [1.54, 1.807) is 11.4 Å². The smallest absolute Gasteiger partial charge is 0.128 e. The summed E-state index contributed by atoms with van der Waals surface area (Å²) in [5, 5.41) is 7.93. The lowest BCUT2D eigenvalue weighted by atomic mass is 10.0. The first kappa shape index (κ1) is 8.51. The van der Waals surface area contributed by atoms with Gasteiger partial charge in [-0.25, -0.2) is 0 Å². The van der Waals surface area contributed by atoms with Crippen LogP contribution < -0.4 is 5.50 Å². The van der Waals surface area contributed by atoms with E-state index >= 15 is 0 Å². The molecule has 0 saturated heterocycles. The molecule has 1 saturated carbocycles. The maximum atomic E-state index is 7.22. The summed E-state index contributed by atoms with van der Waals surface area (Å²) in [6.45, 7) is 0. The van der Waals surface area contributed by atoms with E-state index in [4.69, 9.17) is 10.7 Å². The van der Waals surface area contributed by atoms with Gasteiger partial charge in [-0.2, -0.15) is 0 Å². The summed E-state index contributed by atoms with van der Waals surface area (Å²) in [4.78, 5) is 0. The van der Waals surface area contributed by atoms with Crippen molar-refractivity contribution in [1.29, 1.82) is 5.16 Å². The van der Waals surface area contributed by atoms with Crippen molar-refractivity contribution in [2.45, 2.75) is 37.4 Å². The van der Waals surface area contributed by atoms with E-state index in [1.807, 2.05) is 0 Å². The molecule has 1 aliphatic rings. The molecular formula is C6H14N2PS+. The Bertz CT molecular complexity index is 123. The number of hydrogen-bond acceptors (Lipinski definition) is 2. The van der Waals surface area contributed by atoms with Crippen molar-refractivity contribution < 1.29 is 0 Å². The van der Waals surface area contributed by atoms with Gasteiger partial charge in [0, 0.05) is 0 Å². The van der Waals surface area contributed by atoms with Gasteiger partial charge in [0.05, 0.1) is 5.25 Å². The molecule has 0 aromatic heterocycles. The molecule has 0 bridgehead atoms. The molecule has 2 nitrogen and oxygen atoms in total. The highest BCUT2D eigenvalue weighted by Gasteiger charge is 2.20. The normalized spacial score (nSPS) is 22.7. The molecule has 0 heterocycles. The minimum Gasteiger partial charge on any atom is -0.128 e. The molecule has 10 heavy (non-hydrogen) atoms. The van der Waals surface area contributed by atoms with Gasteiger partial charge in [0.25, 0.3) is 0 Å². The van der Waals surface area contributed by atoms with Crippen molar-refractivity contribution in [3.63, 3.8) is 0 Å². The first-order valence-electron chi connectivity index (χ1n) is 3.72. The Hall–Kier alpha value is 0.410. The van der Waals surface area contributed by atoms with Gasteiger partial charge in [0.2, 0.25) is 0 Å². The van der Waals surface area contributed by atoms with Crippen molar-refractivity contribution in [2.75, 3.05) is 0 Å². The Morgan fingerprint density at radius 3 is 2.40 bits per heavy atom. The number of nitrogens with one attached hydrogen (secondary N) is 1. The Balaban J connectivity index is 2.19. The van der Waals surface area contributed by atoms with Crippen molar-refractivity contribution in [3.05, 3.63) is 0 Å². The van der Waals surface area contributed by atoms with E-state index in [2.05, 4.69) is 0 Å². The summed E-state index contributed by atoms with van der Waals surface area (Å²) >= 11 is 1.68. The van der Waals surface area contributed by atoms with Crippen molar-refractivity contribution in [1.82, 2.24) is 0 Å². The molecule has 1 unspecified atom stereocenters. The highest BCUT2D eigenvalue weighted by Crippen LogP contribution is 2.40. The average molecular weight is 177 g/mol. The second-order valence-corrected chi connectivity index (χ2v) is 6.03. The third-order valence-electron chi connectivity index (χ3n) is 1.81. The molecule has 1 fully saturated rings. The van der Waals surface area contributed by atoms with Gasteiger partial charge in [0.1, 0.15) is 11.4 Å². The van der Waals surface area contributed by atoms with Crippen LogP contribution in [0.15, 0.2) is 0 Å². The van der Waals surface area contributed by atoms with Crippen molar-refractivity contribution in [3.8, 4) is 0 Å². The van der Waals surface area contributed by atoms with Crippen LogP contribution in [0.25, 0.3) is 0 Å². The molecule has 0 amide bonds. The van der Waals surface area contributed by atoms with E-state index in [0.29, 0.717) is 5.25 Å². The summed E-state index contributed by atoms with van der Waals surface area (Å²) < 4.78 is 0. The Kier molecular flexibility index (Phi) is 3.68. The molecule has 1 aliphatic carbocycles. The Morgan fingerprint density at radius 1 is 1.30 bits per heavy atom. The molecule has 3 N–H and O–H groups in total. The highest BCUT2D eigenvalue weighted by molar-refractivity contribution is 8.51. The van der Waals surface area contributed by atoms with Gasteiger partial charge in [-0.05, 0) is 12.8 Å².